The van der Waals surface area contributed by atoms with Crippen LogP contribution in [0.4, 0.5) is 4.39 Å². The van der Waals surface area contributed by atoms with Crippen molar-refractivity contribution in [2.24, 2.45) is 11.1 Å². The summed E-state index contributed by atoms with van der Waals surface area (Å²) < 4.78 is 28.5. The SMILES string of the molecule is Cc1ccc(C2CC(c3cccc(-c4nn(-c5nc(C(=O)O)cs5)c(CC5CC5)c4Cc4ccc([SH+](N)=O)c(F)c4)c3)C2)s1.[OH-]. The van der Waals surface area contributed by atoms with Crippen molar-refractivity contribution in [1.82, 2.24) is 14.8 Å². The highest BCUT2D eigenvalue weighted by molar-refractivity contribution is 7.82. The van der Waals surface area contributed by atoms with Crippen LogP contribution in [-0.2, 0) is 28.0 Å². The zero-order valence-corrected chi connectivity index (χ0v) is 27.0. The molecule has 0 bridgehead atoms. The molecule has 0 amide bonds. The third kappa shape index (κ3) is 6.43. The number of aromatic nitrogens is 3. The van der Waals surface area contributed by atoms with Crippen molar-refractivity contribution in [2.45, 2.75) is 62.2 Å². The van der Waals surface area contributed by atoms with Gasteiger partial charge in [0.15, 0.2) is 22.5 Å². The van der Waals surface area contributed by atoms with E-state index >= 15 is 0 Å². The van der Waals surface area contributed by atoms with E-state index in [9.17, 15) is 18.5 Å². The van der Waals surface area contributed by atoms with Crippen LogP contribution in [-0.4, -0.2) is 31.3 Å². The number of aryl methyl sites for hydroxylation is 1. The minimum Gasteiger partial charge on any atom is -0.870 e. The number of benzene rings is 2. The largest absolute Gasteiger partial charge is 0.870 e. The van der Waals surface area contributed by atoms with E-state index in [0.717, 1.165) is 60.2 Å². The molecule has 0 radical (unpaired) electrons. The zero-order valence-electron chi connectivity index (χ0n) is 24.5. The van der Waals surface area contributed by atoms with Gasteiger partial charge in [-0.15, -0.1) is 27.8 Å². The van der Waals surface area contributed by atoms with Crippen molar-refractivity contribution in [2.75, 3.05) is 0 Å². The van der Waals surface area contributed by atoms with Crippen molar-refractivity contribution in [3.8, 4) is 16.4 Å². The summed E-state index contributed by atoms with van der Waals surface area (Å²) in [5, 5.41) is 22.2. The molecule has 5 aromatic rings. The fourth-order valence-electron chi connectivity index (χ4n) is 6.10. The highest BCUT2D eigenvalue weighted by Gasteiger charge is 2.33. The zero-order chi connectivity index (χ0) is 30.5. The Morgan fingerprint density at radius 2 is 1.93 bits per heavy atom. The lowest BCUT2D eigenvalue weighted by atomic mass is 9.70. The van der Waals surface area contributed by atoms with E-state index in [4.69, 9.17) is 10.2 Å². The average molecular weight is 665 g/mol. The number of thiol groups is 1. The van der Waals surface area contributed by atoms with Gasteiger partial charge in [0.05, 0.1) is 11.4 Å². The van der Waals surface area contributed by atoms with Crippen molar-refractivity contribution in [3.63, 3.8) is 0 Å². The Labute approximate surface area is 270 Å². The fraction of sp³-hybridized carbons (Fsp3) is 0.303. The first-order valence-corrected chi connectivity index (χ1v) is 17.7. The van der Waals surface area contributed by atoms with Crippen LogP contribution >= 0.6 is 22.7 Å². The molecule has 2 aliphatic carbocycles. The molecular formula is C33H33FN4O4S3. The summed E-state index contributed by atoms with van der Waals surface area (Å²) in [6.45, 7) is 2.15. The van der Waals surface area contributed by atoms with Crippen LogP contribution in [0.1, 0.15) is 80.1 Å². The maximum Gasteiger partial charge on any atom is 0.355 e. The lowest BCUT2D eigenvalue weighted by Crippen LogP contribution is -2.19. The fourth-order valence-corrected chi connectivity index (χ4v) is 8.38. The molecule has 2 aromatic carbocycles. The third-order valence-corrected chi connectivity index (χ3v) is 11.5. The number of nitrogens with zero attached hydrogens (tertiary/aromatic N) is 3. The minimum absolute atomic E-state index is 0. The van der Waals surface area contributed by atoms with E-state index in [2.05, 4.69) is 48.3 Å². The number of thiazole rings is 1. The van der Waals surface area contributed by atoms with Gasteiger partial charge in [-0.3, -0.25) is 0 Å². The average Bonchev–Trinajstić information content (AvgIpc) is 3.31. The second kappa shape index (κ2) is 12.7. The molecule has 2 aliphatic rings. The molecule has 234 valence electrons. The molecule has 0 saturated heterocycles. The normalized spacial score (nSPS) is 18.3. The highest BCUT2D eigenvalue weighted by Crippen LogP contribution is 2.49. The molecule has 2 fully saturated rings. The number of thiophene rings is 1. The van der Waals surface area contributed by atoms with Crippen LogP contribution in [0.3, 0.4) is 0 Å². The Bertz CT molecular complexity index is 1910. The number of nitrogens with two attached hydrogens (primary N) is 1. The summed E-state index contributed by atoms with van der Waals surface area (Å²) in [6.07, 6.45) is 5.64. The molecule has 1 atom stereocenters. The van der Waals surface area contributed by atoms with Crippen molar-refractivity contribution < 1.29 is 24.0 Å². The number of carboxylic acid groups (broad SMARTS) is 1. The molecule has 8 nitrogen and oxygen atoms in total. The van der Waals surface area contributed by atoms with Crippen molar-refractivity contribution in [3.05, 3.63) is 104 Å². The van der Waals surface area contributed by atoms with Gasteiger partial charge in [-0.1, -0.05) is 28.5 Å². The van der Waals surface area contributed by atoms with E-state index in [0.29, 0.717) is 29.3 Å². The Hall–Kier alpha value is -3.55. The van der Waals surface area contributed by atoms with Crippen LogP contribution in [0.25, 0.3) is 16.4 Å². The molecule has 12 heteroatoms. The van der Waals surface area contributed by atoms with Gasteiger partial charge < -0.3 is 10.6 Å². The summed E-state index contributed by atoms with van der Waals surface area (Å²) in [6, 6.07) is 17.7. The molecule has 0 spiro atoms. The lowest BCUT2D eigenvalue weighted by Gasteiger charge is -2.35. The van der Waals surface area contributed by atoms with E-state index < -0.39 is 22.8 Å². The molecule has 7 rings (SSSR count). The van der Waals surface area contributed by atoms with Gasteiger partial charge >= 0.3 is 5.97 Å². The summed E-state index contributed by atoms with van der Waals surface area (Å²) in [7, 11) is -2.29. The second-order valence-corrected chi connectivity index (χ2v) is 15.2. The summed E-state index contributed by atoms with van der Waals surface area (Å²) in [4.78, 5) is 18.9. The topological polar surface area (TPSA) is 141 Å². The number of rotatable bonds is 10. The monoisotopic (exact) mass is 664 g/mol. The second-order valence-electron chi connectivity index (χ2n) is 11.9. The Morgan fingerprint density at radius 3 is 2.58 bits per heavy atom. The standard InChI is InChI=1S/C33H31FN4O3S3.H2O/c1-18-5-9-29(43-18)24-15-23(16-24)21-3-2-4-22(14-21)31-25(11-20-8-10-30(44(35)41)26(34)12-20)28(13-19-6-7-19)38(37-31)33-36-27(17-42-33)32(39)40;/h2-5,8-10,12,14,17,19,23-24H,6-7,11,13,15-16H2,1H3,(H2,35,41)(H,39,40);1H2. The first-order chi connectivity index (χ1) is 21.2. The van der Waals surface area contributed by atoms with Crippen LogP contribution in [0, 0.1) is 18.7 Å². The van der Waals surface area contributed by atoms with Crippen LogP contribution in [0.5, 0.6) is 0 Å². The number of carboxylic acids is 1. The van der Waals surface area contributed by atoms with Gasteiger partial charge in [0, 0.05) is 32.7 Å². The van der Waals surface area contributed by atoms with Gasteiger partial charge in [0.2, 0.25) is 10.0 Å². The van der Waals surface area contributed by atoms with Gasteiger partial charge in [-0.2, -0.15) is 5.10 Å². The molecule has 3 heterocycles. The van der Waals surface area contributed by atoms with E-state index in [1.807, 2.05) is 11.3 Å². The Morgan fingerprint density at radius 1 is 1.13 bits per heavy atom. The molecule has 1 unspecified atom stereocenters. The predicted octanol–water partition coefficient (Wildman–Crippen LogP) is 7.16. The van der Waals surface area contributed by atoms with Crippen LogP contribution in [0.15, 0.2) is 64.9 Å². The van der Waals surface area contributed by atoms with E-state index in [1.54, 1.807) is 10.7 Å². The number of aromatic carboxylic acids is 1. The highest BCUT2D eigenvalue weighted by atomic mass is 32.2. The first-order valence-electron chi connectivity index (χ1n) is 14.7. The number of hydrogen-bond acceptors (Lipinski definition) is 7. The van der Waals surface area contributed by atoms with Gasteiger partial charge in [-0.25, -0.2) is 18.9 Å². The molecule has 3 aromatic heterocycles. The Kier molecular flexibility index (Phi) is 8.86. The molecule has 2 saturated carbocycles. The first kappa shape index (κ1) is 31.4. The van der Waals surface area contributed by atoms with Crippen molar-refractivity contribution >= 4 is 39.6 Å². The van der Waals surface area contributed by atoms with Crippen LogP contribution in [0.2, 0.25) is 0 Å². The van der Waals surface area contributed by atoms with Gasteiger partial charge in [0.25, 0.3) is 0 Å². The summed E-state index contributed by atoms with van der Waals surface area (Å²) in [5.41, 5.74) is 5.67. The molecular weight excluding hydrogens is 632 g/mol. The molecule has 4 N–H and O–H groups in total. The smallest absolute Gasteiger partial charge is 0.355 e. The lowest BCUT2D eigenvalue weighted by molar-refractivity contribution is 0.0691. The number of carbonyl (C=O) groups is 1. The van der Waals surface area contributed by atoms with E-state index in [-0.39, 0.29) is 16.1 Å². The third-order valence-electron chi connectivity index (χ3n) is 8.72. The molecule has 0 aliphatic heterocycles. The van der Waals surface area contributed by atoms with Gasteiger partial charge in [-0.05, 0) is 98.2 Å². The van der Waals surface area contributed by atoms with E-state index in [1.165, 1.54) is 44.2 Å². The van der Waals surface area contributed by atoms with Crippen molar-refractivity contribution in [1.29, 1.82) is 0 Å². The maximum atomic E-state index is 14.9. The molecule has 45 heavy (non-hydrogen) atoms. The summed E-state index contributed by atoms with van der Waals surface area (Å²) in [5.74, 6) is -0.0949. The van der Waals surface area contributed by atoms with Gasteiger partial charge in [0.1, 0.15) is 0 Å². The quantitative estimate of drug-likeness (QED) is 0.120. The maximum absolute atomic E-state index is 14.9. The van der Waals surface area contributed by atoms with Crippen LogP contribution < -0.4 is 5.14 Å². The minimum atomic E-state index is -2.29. The summed E-state index contributed by atoms with van der Waals surface area (Å²) >= 11 is 3.13. The predicted molar refractivity (Wildman–Crippen MR) is 175 cm³/mol. The Balaban J connectivity index is 0.00000357. The number of hydrogen-bond donors (Lipinski definition) is 2. The number of halogens is 1.